The minimum absolute atomic E-state index is 0.0118. The molecule has 3 rings (SSSR count). The third-order valence-corrected chi connectivity index (χ3v) is 4.70. The van der Waals surface area contributed by atoms with Crippen LogP contribution in [0.4, 0.5) is 0 Å². The van der Waals surface area contributed by atoms with Gasteiger partial charge in [-0.05, 0) is 24.5 Å². The van der Waals surface area contributed by atoms with Crippen LogP contribution in [0.3, 0.4) is 0 Å². The molecule has 90 valence electrons. The summed E-state index contributed by atoms with van der Waals surface area (Å²) in [5.41, 5.74) is 1.27. The summed E-state index contributed by atoms with van der Waals surface area (Å²) >= 11 is 1.66. The Morgan fingerprint density at radius 3 is 2.94 bits per heavy atom. The summed E-state index contributed by atoms with van der Waals surface area (Å²) in [5, 5.41) is 9.48. The van der Waals surface area contributed by atoms with Crippen molar-refractivity contribution in [3.05, 3.63) is 29.8 Å². The maximum atomic E-state index is 12.3. The van der Waals surface area contributed by atoms with Gasteiger partial charge < -0.3 is 10.0 Å². The number of hydrogen-bond donors (Lipinski definition) is 1. The van der Waals surface area contributed by atoms with Crippen LogP contribution in [0, 0.1) is 0 Å². The van der Waals surface area contributed by atoms with E-state index in [1.54, 1.807) is 16.7 Å². The summed E-state index contributed by atoms with van der Waals surface area (Å²) in [4.78, 5) is 15.3. The number of nitrogens with zero attached hydrogens (tertiary/aromatic N) is 1. The van der Waals surface area contributed by atoms with Gasteiger partial charge in [0.05, 0.1) is 11.4 Å². The molecule has 17 heavy (non-hydrogen) atoms. The topological polar surface area (TPSA) is 40.5 Å². The Bertz CT molecular complexity index is 424. The third kappa shape index (κ3) is 2.07. The van der Waals surface area contributed by atoms with Crippen LogP contribution in [0.15, 0.2) is 29.2 Å². The van der Waals surface area contributed by atoms with Crippen LogP contribution in [0.1, 0.15) is 12.0 Å². The molecule has 0 radical (unpaired) electrons. The van der Waals surface area contributed by atoms with Gasteiger partial charge in [0.2, 0.25) is 5.91 Å². The number of aliphatic hydroxyl groups is 1. The average molecular weight is 249 g/mol. The quantitative estimate of drug-likeness (QED) is 0.815. The summed E-state index contributed by atoms with van der Waals surface area (Å²) in [5.74, 6) is 0.183. The van der Waals surface area contributed by atoms with E-state index in [9.17, 15) is 9.90 Å². The van der Waals surface area contributed by atoms with E-state index in [4.69, 9.17) is 0 Å². The summed E-state index contributed by atoms with van der Waals surface area (Å²) < 4.78 is 0. The number of hydrogen-bond acceptors (Lipinski definition) is 3. The molecule has 0 bridgehead atoms. The lowest BCUT2D eigenvalue weighted by Gasteiger charge is -2.19. The fourth-order valence-corrected chi connectivity index (χ4v) is 3.74. The van der Waals surface area contributed by atoms with Crippen molar-refractivity contribution in [3.63, 3.8) is 0 Å². The van der Waals surface area contributed by atoms with Crippen LogP contribution in [0.25, 0.3) is 0 Å². The van der Waals surface area contributed by atoms with Crippen molar-refractivity contribution in [2.45, 2.75) is 29.1 Å². The Morgan fingerprint density at radius 2 is 2.24 bits per heavy atom. The van der Waals surface area contributed by atoms with Gasteiger partial charge in [-0.2, -0.15) is 0 Å². The van der Waals surface area contributed by atoms with E-state index in [0.29, 0.717) is 13.1 Å². The lowest BCUT2D eigenvalue weighted by Crippen LogP contribution is -2.36. The highest BCUT2D eigenvalue weighted by Crippen LogP contribution is 2.37. The molecule has 2 aliphatic rings. The molecule has 1 aromatic carbocycles. The van der Waals surface area contributed by atoms with E-state index >= 15 is 0 Å². The van der Waals surface area contributed by atoms with E-state index in [0.717, 1.165) is 12.8 Å². The lowest BCUT2D eigenvalue weighted by molar-refractivity contribution is -0.129. The van der Waals surface area contributed by atoms with Gasteiger partial charge in [-0.1, -0.05) is 18.2 Å². The van der Waals surface area contributed by atoms with Gasteiger partial charge in [0.25, 0.3) is 0 Å². The van der Waals surface area contributed by atoms with Gasteiger partial charge in [-0.3, -0.25) is 4.79 Å². The Morgan fingerprint density at radius 1 is 1.41 bits per heavy atom. The largest absolute Gasteiger partial charge is 0.391 e. The molecule has 0 saturated carbocycles. The first-order chi connectivity index (χ1) is 8.24. The Kier molecular flexibility index (Phi) is 2.84. The van der Waals surface area contributed by atoms with Crippen LogP contribution in [0.5, 0.6) is 0 Å². The second-order valence-corrected chi connectivity index (χ2v) is 5.89. The average Bonchev–Trinajstić information content (AvgIpc) is 2.93. The van der Waals surface area contributed by atoms with E-state index < -0.39 is 0 Å². The van der Waals surface area contributed by atoms with Crippen LogP contribution >= 0.6 is 11.8 Å². The molecule has 1 saturated heterocycles. The number of amides is 1. The number of aliphatic hydroxyl groups excluding tert-OH is 1. The molecule has 1 aromatic rings. The number of rotatable bonds is 1. The van der Waals surface area contributed by atoms with Crippen LogP contribution in [-0.4, -0.2) is 40.4 Å². The number of fused-ring (bicyclic) bond motifs is 1. The van der Waals surface area contributed by atoms with E-state index in [1.165, 1.54) is 10.5 Å². The number of likely N-dealkylation sites (tertiary alicyclic amines) is 1. The van der Waals surface area contributed by atoms with Crippen molar-refractivity contribution in [2.24, 2.45) is 0 Å². The van der Waals surface area contributed by atoms with Crippen molar-refractivity contribution in [3.8, 4) is 0 Å². The van der Waals surface area contributed by atoms with Crippen LogP contribution < -0.4 is 0 Å². The first-order valence-corrected chi connectivity index (χ1v) is 6.83. The van der Waals surface area contributed by atoms with Gasteiger partial charge in [-0.15, -0.1) is 11.8 Å². The normalized spacial score (nSPS) is 27.2. The number of carbonyl (C=O) groups excluding carboxylic acids is 1. The fraction of sp³-hybridized carbons (Fsp3) is 0.462. The van der Waals surface area contributed by atoms with Gasteiger partial charge in [0, 0.05) is 18.0 Å². The highest BCUT2D eigenvalue weighted by molar-refractivity contribution is 8.01. The van der Waals surface area contributed by atoms with Gasteiger partial charge in [-0.25, -0.2) is 0 Å². The van der Waals surface area contributed by atoms with E-state index in [-0.39, 0.29) is 17.3 Å². The van der Waals surface area contributed by atoms with E-state index in [1.807, 2.05) is 12.1 Å². The van der Waals surface area contributed by atoms with Crippen molar-refractivity contribution in [1.82, 2.24) is 4.90 Å². The van der Waals surface area contributed by atoms with Crippen LogP contribution in [0.2, 0.25) is 0 Å². The summed E-state index contributed by atoms with van der Waals surface area (Å²) in [6.07, 6.45) is 1.22. The molecule has 2 heterocycles. The van der Waals surface area contributed by atoms with Gasteiger partial charge in [0.1, 0.15) is 0 Å². The third-order valence-electron chi connectivity index (χ3n) is 3.40. The number of β-amino-alcohol motifs (C(OH)–C–C–N with tert-alkyl or cyclic N) is 1. The van der Waals surface area contributed by atoms with Crippen molar-refractivity contribution in [2.75, 3.05) is 13.1 Å². The summed E-state index contributed by atoms with van der Waals surface area (Å²) in [6.45, 7) is 1.21. The molecule has 2 aliphatic heterocycles. The maximum Gasteiger partial charge on any atom is 0.236 e. The summed E-state index contributed by atoms with van der Waals surface area (Å²) in [6, 6.07) is 8.20. The SMILES string of the molecule is O=C(C1Cc2ccccc2S1)N1CC[C@@H](O)C1. The molecule has 3 nitrogen and oxygen atoms in total. The minimum Gasteiger partial charge on any atom is -0.391 e. The molecule has 2 atom stereocenters. The zero-order valence-electron chi connectivity index (χ0n) is 9.50. The minimum atomic E-state index is -0.326. The van der Waals surface area contributed by atoms with E-state index in [2.05, 4.69) is 12.1 Å². The van der Waals surface area contributed by atoms with Crippen LogP contribution in [-0.2, 0) is 11.2 Å². The predicted octanol–water partition coefficient (Wildman–Crippen LogP) is 1.30. The molecule has 1 N–H and O–H groups in total. The molecule has 0 aliphatic carbocycles. The first kappa shape index (κ1) is 11.1. The second kappa shape index (κ2) is 4.35. The van der Waals surface area contributed by atoms with Crippen molar-refractivity contribution >= 4 is 17.7 Å². The molecule has 1 fully saturated rings. The molecule has 1 amide bonds. The lowest BCUT2D eigenvalue weighted by atomic mass is 10.1. The zero-order chi connectivity index (χ0) is 11.8. The second-order valence-electron chi connectivity index (χ2n) is 4.65. The summed E-state index contributed by atoms with van der Waals surface area (Å²) in [7, 11) is 0. The Labute approximate surface area is 105 Å². The van der Waals surface area contributed by atoms with Crippen molar-refractivity contribution < 1.29 is 9.90 Å². The number of thioether (sulfide) groups is 1. The number of benzene rings is 1. The first-order valence-electron chi connectivity index (χ1n) is 5.95. The number of carbonyl (C=O) groups is 1. The van der Waals surface area contributed by atoms with Crippen molar-refractivity contribution in [1.29, 1.82) is 0 Å². The smallest absolute Gasteiger partial charge is 0.236 e. The fourth-order valence-electron chi connectivity index (χ4n) is 2.47. The molecular weight excluding hydrogens is 234 g/mol. The monoisotopic (exact) mass is 249 g/mol. The molecular formula is C13H15NO2S. The predicted molar refractivity (Wildman–Crippen MR) is 67.0 cm³/mol. The highest BCUT2D eigenvalue weighted by Gasteiger charge is 2.34. The highest BCUT2D eigenvalue weighted by atomic mass is 32.2. The Balaban J connectivity index is 1.70. The molecule has 0 aromatic heterocycles. The zero-order valence-corrected chi connectivity index (χ0v) is 10.3. The van der Waals surface area contributed by atoms with Gasteiger partial charge in [0.15, 0.2) is 0 Å². The molecule has 0 spiro atoms. The van der Waals surface area contributed by atoms with Gasteiger partial charge >= 0.3 is 0 Å². The Hall–Kier alpha value is -1.00. The molecule has 4 heteroatoms. The molecule has 1 unspecified atom stereocenters. The standard InChI is InChI=1S/C13H15NO2S/c15-10-5-6-14(8-10)13(16)12-7-9-3-1-2-4-11(9)17-12/h1-4,10,12,15H,5-8H2/t10-,12?/m1/s1. The maximum absolute atomic E-state index is 12.3.